The summed E-state index contributed by atoms with van der Waals surface area (Å²) in [4.78, 5) is 4.56. The molecule has 0 aliphatic rings. The number of methoxy groups -OCH3 is 2. The van der Waals surface area contributed by atoms with Crippen molar-refractivity contribution in [3.05, 3.63) is 59.0 Å². The number of benzene rings is 2. The predicted octanol–water partition coefficient (Wildman–Crippen LogP) is 4.58. The van der Waals surface area contributed by atoms with Crippen LogP contribution in [0.1, 0.15) is 11.1 Å². The first-order valence-corrected chi connectivity index (χ1v) is 8.61. The van der Waals surface area contributed by atoms with Crippen LogP contribution in [0.2, 0.25) is 0 Å². The molecule has 0 unspecified atom stereocenters. The maximum Gasteiger partial charge on any atom is 0.203 e. The smallest absolute Gasteiger partial charge is 0.203 e. The summed E-state index contributed by atoms with van der Waals surface area (Å²) in [5.74, 6) is 1.48. The number of hydrogen-bond donors (Lipinski definition) is 1. The van der Waals surface area contributed by atoms with Gasteiger partial charge in [0, 0.05) is 16.5 Å². The van der Waals surface area contributed by atoms with E-state index in [4.69, 9.17) is 9.47 Å². The van der Waals surface area contributed by atoms with Crippen molar-refractivity contribution in [1.82, 2.24) is 4.98 Å². The number of aromatic nitrogens is 1. The van der Waals surface area contributed by atoms with E-state index in [1.54, 1.807) is 20.4 Å². The van der Waals surface area contributed by atoms with E-state index in [-0.39, 0.29) is 0 Å². The maximum absolute atomic E-state index is 5.33. The first kappa shape index (κ1) is 17.0. The van der Waals surface area contributed by atoms with Crippen LogP contribution in [0, 0.1) is 6.92 Å². The van der Waals surface area contributed by atoms with Crippen molar-refractivity contribution in [2.24, 2.45) is 5.10 Å². The third kappa shape index (κ3) is 4.16. The van der Waals surface area contributed by atoms with E-state index in [9.17, 15) is 0 Å². The number of thiazole rings is 1. The molecule has 0 fully saturated rings. The fraction of sp³-hybridized carbons (Fsp3) is 0.158. The highest BCUT2D eigenvalue weighted by Crippen LogP contribution is 2.25. The molecule has 0 spiro atoms. The highest BCUT2D eigenvalue weighted by Gasteiger charge is 2.05. The van der Waals surface area contributed by atoms with Gasteiger partial charge < -0.3 is 9.47 Å². The van der Waals surface area contributed by atoms with Gasteiger partial charge in [-0.05, 0) is 25.1 Å². The number of nitrogens with one attached hydrogen (secondary N) is 1. The summed E-state index contributed by atoms with van der Waals surface area (Å²) in [6, 6.07) is 13.8. The number of aryl methyl sites for hydroxylation is 1. The second-order valence-corrected chi connectivity index (χ2v) is 6.24. The normalized spacial score (nSPS) is 10.8. The maximum atomic E-state index is 5.33. The van der Waals surface area contributed by atoms with E-state index in [0.29, 0.717) is 0 Å². The van der Waals surface area contributed by atoms with E-state index in [1.165, 1.54) is 16.9 Å². The fourth-order valence-corrected chi connectivity index (χ4v) is 2.95. The Morgan fingerprint density at radius 2 is 1.88 bits per heavy atom. The highest BCUT2D eigenvalue weighted by molar-refractivity contribution is 7.14. The molecule has 0 saturated carbocycles. The zero-order valence-electron chi connectivity index (χ0n) is 14.3. The zero-order valence-corrected chi connectivity index (χ0v) is 15.1. The minimum atomic E-state index is 0.728. The summed E-state index contributed by atoms with van der Waals surface area (Å²) in [5.41, 5.74) is 7.04. The Morgan fingerprint density at radius 1 is 1.08 bits per heavy atom. The minimum absolute atomic E-state index is 0.728. The quantitative estimate of drug-likeness (QED) is 0.520. The van der Waals surface area contributed by atoms with E-state index < -0.39 is 0 Å². The van der Waals surface area contributed by atoms with Crippen LogP contribution in [-0.2, 0) is 0 Å². The summed E-state index contributed by atoms with van der Waals surface area (Å²) in [7, 11) is 3.25. The molecule has 6 heteroatoms. The molecule has 5 nitrogen and oxygen atoms in total. The molecular formula is C19H19N3O2S. The first-order chi connectivity index (χ1) is 12.2. The molecule has 1 aromatic heterocycles. The van der Waals surface area contributed by atoms with Crippen molar-refractivity contribution in [1.29, 1.82) is 0 Å². The van der Waals surface area contributed by atoms with Crippen LogP contribution in [0.5, 0.6) is 11.5 Å². The Morgan fingerprint density at radius 3 is 2.60 bits per heavy atom. The summed E-state index contributed by atoms with van der Waals surface area (Å²) < 4.78 is 10.6. The molecule has 0 bridgehead atoms. The van der Waals surface area contributed by atoms with Crippen molar-refractivity contribution in [2.75, 3.05) is 19.6 Å². The molecule has 0 atom stereocenters. The zero-order chi connectivity index (χ0) is 17.6. The molecule has 0 radical (unpaired) electrons. The second-order valence-electron chi connectivity index (χ2n) is 5.38. The molecular weight excluding hydrogens is 334 g/mol. The van der Waals surface area contributed by atoms with E-state index in [0.717, 1.165) is 33.5 Å². The Bertz CT molecular complexity index is 873. The lowest BCUT2D eigenvalue weighted by atomic mass is 10.1. The monoisotopic (exact) mass is 353 g/mol. The molecule has 1 N–H and O–H groups in total. The van der Waals surface area contributed by atoms with Gasteiger partial charge in [-0.15, -0.1) is 11.3 Å². The lowest BCUT2D eigenvalue weighted by Crippen LogP contribution is -1.95. The molecule has 0 aliphatic carbocycles. The van der Waals surface area contributed by atoms with Gasteiger partial charge in [0.2, 0.25) is 5.13 Å². The predicted molar refractivity (Wildman–Crippen MR) is 103 cm³/mol. The van der Waals surface area contributed by atoms with Crippen LogP contribution < -0.4 is 14.9 Å². The molecule has 128 valence electrons. The van der Waals surface area contributed by atoms with Gasteiger partial charge in [0.25, 0.3) is 0 Å². The van der Waals surface area contributed by atoms with Gasteiger partial charge in [-0.1, -0.05) is 29.8 Å². The highest BCUT2D eigenvalue weighted by atomic mass is 32.1. The number of rotatable bonds is 6. The summed E-state index contributed by atoms with van der Waals surface area (Å²) in [5, 5.41) is 6.99. The van der Waals surface area contributed by atoms with E-state index in [2.05, 4.69) is 46.7 Å². The molecule has 3 rings (SSSR count). The average molecular weight is 353 g/mol. The number of ether oxygens (including phenoxy) is 2. The summed E-state index contributed by atoms with van der Waals surface area (Å²) in [6.07, 6.45) is 1.69. The van der Waals surface area contributed by atoms with Gasteiger partial charge in [0.1, 0.15) is 11.5 Å². The van der Waals surface area contributed by atoms with Gasteiger partial charge in [-0.2, -0.15) is 5.10 Å². The van der Waals surface area contributed by atoms with Crippen LogP contribution in [0.4, 0.5) is 5.13 Å². The van der Waals surface area contributed by atoms with Gasteiger partial charge in [-0.25, -0.2) is 4.98 Å². The Labute approximate surface area is 151 Å². The van der Waals surface area contributed by atoms with Crippen molar-refractivity contribution in [2.45, 2.75) is 6.92 Å². The lowest BCUT2D eigenvalue weighted by molar-refractivity contribution is 0.402. The van der Waals surface area contributed by atoms with Crippen LogP contribution >= 0.6 is 11.3 Å². The van der Waals surface area contributed by atoms with Crippen LogP contribution in [0.15, 0.2) is 52.9 Å². The number of anilines is 1. The molecule has 3 aromatic rings. The first-order valence-electron chi connectivity index (χ1n) is 7.73. The molecule has 2 aromatic carbocycles. The third-order valence-electron chi connectivity index (χ3n) is 3.65. The van der Waals surface area contributed by atoms with Gasteiger partial charge in [0.05, 0.1) is 26.1 Å². The fourth-order valence-electron chi connectivity index (χ4n) is 2.28. The van der Waals surface area contributed by atoms with E-state index in [1.807, 2.05) is 23.6 Å². The molecule has 25 heavy (non-hydrogen) atoms. The Hall–Kier alpha value is -2.86. The van der Waals surface area contributed by atoms with Gasteiger partial charge >= 0.3 is 0 Å². The van der Waals surface area contributed by atoms with Crippen LogP contribution in [0.3, 0.4) is 0 Å². The van der Waals surface area contributed by atoms with Crippen LogP contribution in [-0.4, -0.2) is 25.4 Å². The molecule has 1 heterocycles. The number of nitrogens with zero attached hydrogens (tertiary/aromatic N) is 2. The number of hydrazone groups is 1. The lowest BCUT2D eigenvalue weighted by Gasteiger charge is -2.06. The Balaban J connectivity index is 1.72. The van der Waals surface area contributed by atoms with Crippen molar-refractivity contribution >= 4 is 22.7 Å². The molecule has 0 saturated heterocycles. The standard InChI is InChI=1S/C19H19N3O2S/c1-13-4-6-14(7-5-13)17-12-25-19(21-17)22-20-11-15-10-16(23-2)8-9-18(15)24-3/h4-12H,1-3H3,(H,21,22)/b20-11-. The largest absolute Gasteiger partial charge is 0.497 e. The third-order valence-corrected chi connectivity index (χ3v) is 4.40. The molecule has 0 aliphatic heterocycles. The second kappa shape index (κ2) is 7.81. The number of hydrogen-bond acceptors (Lipinski definition) is 6. The van der Waals surface area contributed by atoms with Crippen molar-refractivity contribution in [3.63, 3.8) is 0 Å². The van der Waals surface area contributed by atoms with Crippen molar-refractivity contribution in [3.8, 4) is 22.8 Å². The van der Waals surface area contributed by atoms with Crippen LogP contribution in [0.25, 0.3) is 11.3 Å². The van der Waals surface area contributed by atoms with Gasteiger partial charge in [-0.3, -0.25) is 5.43 Å². The average Bonchev–Trinajstić information content (AvgIpc) is 3.11. The topological polar surface area (TPSA) is 55.7 Å². The Kier molecular flexibility index (Phi) is 5.30. The SMILES string of the molecule is COc1ccc(OC)c(/C=N\Nc2nc(-c3ccc(C)cc3)cs2)c1. The minimum Gasteiger partial charge on any atom is -0.497 e. The van der Waals surface area contributed by atoms with E-state index >= 15 is 0 Å². The summed E-state index contributed by atoms with van der Waals surface area (Å²) in [6.45, 7) is 2.07. The van der Waals surface area contributed by atoms with Gasteiger partial charge in [0.15, 0.2) is 0 Å². The summed E-state index contributed by atoms with van der Waals surface area (Å²) >= 11 is 1.51. The molecule has 0 amide bonds. The van der Waals surface area contributed by atoms with Crippen molar-refractivity contribution < 1.29 is 9.47 Å².